The largest absolute Gasteiger partial charge is 0.322 e. The summed E-state index contributed by atoms with van der Waals surface area (Å²) in [4.78, 5) is 7.18. The van der Waals surface area contributed by atoms with E-state index in [-0.39, 0.29) is 5.54 Å². The summed E-state index contributed by atoms with van der Waals surface area (Å²) < 4.78 is 0. The van der Waals surface area contributed by atoms with Crippen molar-refractivity contribution in [1.82, 2.24) is 9.88 Å². The quantitative estimate of drug-likeness (QED) is 0.851. The molecule has 3 nitrogen and oxygen atoms in total. The normalized spacial score (nSPS) is 16.6. The predicted octanol–water partition coefficient (Wildman–Crippen LogP) is 2.42. The van der Waals surface area contributed by atoms with Crippen molar-refractivity contribution in [2.75, 3.05) is 13.6 Å². The molecule has 1 aliphatic rings. The molecule has 0 radical (unpaired) electrons. The standard InChI is InChI=1S/C16H21N3/c1-16(2,17)15-11-6-4-5-7-13(11)18-14-8-9-19(3)10-12(14)15/h4-7H,8-10,17H2,1-3H3. The highest BCUT2D eigenvalue weighted by atomic mass is 15.1. The van der Waals surface area contributed by atoms with E-state index in [1.165, 1.54) is 22.2 Å². The second-order valence-electron chi connectivity index (χ2n) is 6.14. The van der Waals surface area contributed by atoms with E-state index >= 15 is 0 Å². The second kappa shape index (κ2) is 4.29. The van der Waals surface area contributed by atoms with Crippen LogP contribution in [0.15, 0.2) is 24.3 Å². The second-order valence-corrected chi connectivity index (χ2v) is 6.14. The number of hydrogen-bond acceptors (Lipinski definition) is 3. The number of aromatic nitrogens is 1. The zero-order valence-corrected chi connectivity index (χ0v) is 11.9. The minimum atomic E-state index is -0.342. The third-order valence-corrected chi connectivity index (χ3v) is 3.88. The number of para-hydroxylation sites is 1. The smallest absolute Gasteiger partial charge is 0.0709 e. The van der Waals surface area contributed by atoms with E-state index in [4.69, 9.17) is 10.7 Å². The average Bonchev–Trinajstić information content (AvgIpc) is 2.34. The van der Waals surface area contributed by atoms with Crippen LogP contribution in [0.25, 0.3) is 10.9 Å². The lowest BCUT2D eigenvalue weighted by atomic mass is 9.85. The van der Waals surface area contributed by atoms with Crippen molar-refractivity contribution in [2.24, 2.45) is 5.73 Å². The van der Waals surface area contributed by atoms with Crippen molar-refractivity contribution in [1.29, 1.82) is 0 Å². The number of benzene rings is 1. The molecule has 3 rings (SSSR count). The SMILES string of the molecule is CN1CCc2nc3ccccc3c(C(C)(C)N)c2C1. The third kappa shape index (κ3) is 2.13. The number of fused-ring (bicyclic) bond motifs is 2. The molecule has 0 atom stereocenters. The predicted molar refractivity (Wildman–Crippen MR) is 79.0 cm³/mol. The summed E-state index contributed by atoms with van der Waals surface area (Å²) in [5.41, 5.74) is 11.0. The fraction of sp³-hybridized carbons (Fsp3) is 0.438. The zero-order valence-electron chi connectivity index (χ0n) is 11.9. The minimum absolute atomic E-state index is 0.342. The summed E-state index contributed by atoms with van der Waals surface area (Å²) in [6.45, 7) is 6.19. The van der Waals surface area contributed by atoms with Gasteiger partial charge in [-0.2, -0.15) is 0 Å². The Balaban J connectivity index is 2.37. The Morgan fingerprint density at radius 1 is 1.26 bits per heavy atom. The molecule has 2 heterocycles. The van der Waals surface area contributed by atoms with Gasteiger partial charge in [0.2, 0.25) is 0 Å². The maximum absolute atomic E-state index is 6.45. The van der Waals surface area contributed by atoms with E-state index < -0.39 is 0 Å². The van der Waals surface area contributed by atoms with E-state index in [0.717, 1.165) is 25.0 Å². The molecule has 1 aromatic heterocycles. The minimum Gasteiger partial charge on any atom is -0.322 e. The van der Waals surface area contributed by atoms with Crippen LogP contribution in [-0.2, 0) is 18.5 Å². The Kier molecular flexibility index (Phi) is 2.84. The highest BCUT2D eigenvalue weighted by Gasteiger charge is 2.27. The van der Waals surface area contributed by atoms with Gasteiger partial charge in [0, 0.05) is 36.1 Å². The van der Waals surface area contributed by atoms with Crippen molar-refractivity contribution >= 4 is 10.9 Å². The average molecular weight is 255 g/mol. The lowest BCUT2D eigenvalue weighted by Gasteiger charge is -2.32. The molecule has 19 heavy (non-hydrogen) atoms. The van der Waals surface area contributed by atoms with E-state index in [1.807, 2.05) is 6.07 Å². The highest BCUT2D eigenvalue weighted by molar-refractivity contribution is 5.84. The number of nitrogens with zero attached hydrogens (tertiary/aromatic N) is 2. The monoisotopic (exact) mass is 255 g/mol. The molecule has 3 heteroatoms. The van der Waals surface area contributed by atoms with Gasteiger partial charge in [0.05, 0.1) is 5.52 Å². The van der Waals surface area contributed by atoms with Gasteiger partial charge in [0.1, 0.15) is 0 Å². The first-order chi connectivity index (χ1) is 8.97. The number of nitrogens with two attached hydrogens (primary N) is 1. The maximum Gasteiger partial charge on any atom is 0.0709 e. The first kappa shape index (κ1) is 12.6. The van der Waals surface area contributed by atoms with Gasteiger partial charge in [-0.05, 0) is 38.1 Å². The molecule has 0 aliphatic carbocycles. The lowest BCUT2D eigenvalue weighted by molar-refractivity contribution is 0.306. The molecule has 1 aromatic carbocycles. The van der Waals surface area contributed by atoms with E-state index in [1.54, 1.807) is 0 Å². The molecule has 0 bridgehead atoms. The summed E-state index contributed by atoms with van der Waals surface area (Å²) in [6.07, 6.45) is 1.01. The van der Waals surface area contributed by atoms with Crippen molar-refractivity contribution < 1.29 is 0 Å². The fourth-order valence-electron chi connectivity index (χ4n) is 3.06. The number of hydrogen-bond donors (Lipinski definition) is 1. The molecule has 0 amide bonds. The van der Waals surface area contributed by atoms with Crippen molar-refractivity contribution in [3.63, 3.8) is 0 Å². The van der Waals surface area contributed by atoms with Gasteiger partial charge >= 0.3 is 0 Å². The van der Waals surface area contributed by atoms with Gasteiger partial charge in [0.15, 0.2) is 0 Å². The molecule has 0 unspecified atom stereocenters. The molecule has 1 aliphatic heterocycles. The van der Waals surface area contributed by atoms with Gasteiger partial charge in [-0.1, -0.05) is 18.2 Å². The van der Waals surface area contributed by atoms with Crippen LogP contribution >= 0.6 is 0 Å². The van der Waals surface area contributed by atoms with Gasteiger partial charge in [0.25, 0.3) is 0 Å². The summed E-state index contributed by atoms with van der Waals surface area (Å²) in [6, 6.07) is 8.34. The molecular weight excluding hydrogens is 234 g/mol. The highest BCUT2D eigenvalue weighted by Crippen LogP contribution is 2.33. The summed E-state index contributed by atoms with van der Waals surface area (Å²) >= 11 is 0. The molecule has 0 spiro atoms. The molecule has 0 fully saturated rings. The van der Waals surface area contributed by atoms with Crippen LogP contribution in [0.2, 0.25) is 0 Å². The lowest BCUT2D eigenvalue weighted by Crippen LogP contribution is -2.35. The van der Waals surface area contributed by atoms with Gasteiger partial charge < -0.3 is 10.6 Å². The number of likely N-dealkylation sites (N-methyl/N-ethyl adjacent to an activating group) is 1. The molecule has 0 saturated carbocycles. The van der Waals surface area contributed by atoms with Crippen molar-refractivity contribution in [3.8, 4) is 0 Å². The Bertz CT molecular complexity index is 626. The molecule has 100 valence electrons. The van der Waals surface area contributed by atoms with E-state index in [9.17, 15) is 0 Å². The Morgan fingerprint density at radius 2 is 2.00 bits per heavy atom. The first-order valence-corrected chi connectivity index (χ1v) is 6.85. The van der Waals surface area contributed by atoms with E-state index in [0.29, 0.717) is 0 Å². The topological polar surface area (TPSA) is 42.2 Å². The van der Waals surface area contributed by atoms with Crippen LogP contribution in [0, 0.1) is 0 Å². The Labute approximate surface area is 114 Å². The van der Waals surface area contributed by atoms with Crippen LogP contribution in [0.3, 0.4) is 0 Å². The molecular formula is C16H21N3. The van der Waals surface area contributed by atoms with Gasteiger partial charge in [-0.15, -0.1) is 0 Å². The van der Waals surface area contributed by atoms with Crippen LogP contribution in [0.4, 0.5) is 0 Å². The van der Waals surface area contributed by atoms with Gasteiger partial charge in [-0.25, -0.2) is 0 Å². The van der Waals surface area contributed by atoms with E-state index in [2.05, 4.69) is 44.0 Å². The zero-order chi connectivity index (χ0) is 13.6. The molecule has 2 aromatic rings. The summed E-state index contributed by atoms with van der Waals surface area (Å²) in [5, 5.41) is 1.20. The van der Waals surface area contributed by atoms with Crippen LogP contribution in [-0.4, -0.2) is 23.5 Å². The van der Waals surface area contributed by atoms with Crippen LogP contribution in [0.1, 0.15) is 30.7 Å². The third-order valence-electron chi connectivity index (χ3n) is 3.88. The van der Waals surface area contributed by atoms with Crippen molar-refractivity contribution in [2.45, 2.75) is 32.4 Å². The van der Waals surface area contributed by atoms with Gasteiger partial charge in [-0.3, -0.25) is 4.98 Å². The fourth-order valence-corrected chi connectivity index (χ4v) is 3.06. The first-order valence-electron chi connectivity index (χ1n) is 6.85. The Hall–Kier alpha value is -1.45. The summed E-state index contributed by atoms with van der Waals surface area (Å²) in [5.74, 6) is 0. The molecule has 2 N–H and O–H groups in total. The maximum atomic E-state index is 6.45. The Morgan fingerprint density at radius 3 is 2.74 bits per heavy atom. The van der Waals surface area contributed by atoms with Crippen molar-refractivity contribution in [3.05, 3.63) is 41.1 Å². The number of rotatable bonds is 1. The van der Waals surface area contributed by atoms with Crippen LogP contribution in [0.5, 0.6) is 0 Å². The summed E-state index contributed by atoms with van der Waals surface area (Å²) in [7, 11) is 2.16. The van der Waals surface area contributed by atoms with Crippen LogP contribution < -0.4 is 5.73 Å². The molecule has 0 saturated heterocycles. The number of pyridine rings is 1.